The van der Waals surface area contributed by atoms with Crippen molar-refractivity contribution >= 4 is 54.7 Å². The number of nitrogens with one attached hydrogen (secondary N) is 2. The summed E-state index contributed by atoms with van der Waals surface area (Å²) in [6, 6.07) is 22.3. The van der Waals surface area contributed by atoms with Crippen molar-refractivity contribution in [3.8, 4) is 11.3 Å². The van der Waals surface area contributed by atoms with Crippen LogP contribution in [0.25, 0.3) is 11.3 Å². The summed E-state index contributed by atoms with van der Waals surface area (Å²) in [5.74, 6) is 1.46. The van der Waals surface area contributed by atoms with Crippen LogP contribution in [0.2, 0.25) is 0 Å². The maximum atomic E-state index is 11.6. The fourth-order valence-electron chi connectivity index (χ4n) is 4.30. The van der Waals surface area contributed by atoms with E-state index in [4.69, 9.17) is 16.6 Å². The number of anilines is 2. The van der Waals surface area contributed by atoms with E-state index in [-0.39, 0.29) is 12.1 Å². The minimum absolute atomic E-state index is 0.257. The topological polar surface area (TPSA) is 87.5 Å². The largest absolute Gasteiger partial charge is 0.459 e. The van der Waals surface area contributed by atoms with Gasteiger partial charge in [-0.25, -0.2) is 8.42 Å². The van der Waals surface area contributed by atoms with Crippen molar-refractivity contribution in [2.45, 2.75) is 19.0 Å². The van der Waals surface area contributed by atoms with Crippen LogP contribution >= 0.6 is 28.1 Å². The molecule has 3 heterocycles. The number of benzene rings is 2. The Morgan fingerprint density at radius 1 is 1.08 bits per heavy atom. The molecule has 5 rings (SSSR count). The molecule has 184 valence electrons. The zero-order valence-electron chi connectivity index (χ0n) is 19.5. The number of sulfonamides is 1. The third-order valence-electron chi connectivity index (χ3n) is 5.86. The molecule has 1 fully saturated rings. The number of aryl methyl sites for hydroxylation is 1. The standard InChI is InChI=1S/C26H23BrN4O3S2/c1-16-6-11-19(20(27)15-16)22-12-13-23(34-22)25-24(21-5-3-4-14-28-21)29-26(35)31(25)18-9-7-17(8-10-18)30-36(2,32)33/h3-15,24-25,30H,1-2H3,(H,29,35). The summed E-state index contributed by atoms with van der Waals surface area (Å²) in [6.45, 7) is 2.04. The van der Waals surface area contributed by atoms with Crippen molar-refractivity contribution in [1.29, 1.82) is 0 Å². The van der Waals surface area contributed by atoms with Crippen LogP contribution in [0.4, 0.5) is 11.4 Å². The van der Waals surface area contributed by atoms with Crippen molar-refractivity contribution in [2.24, 2.45) is 0 Å². The summed E-state index contributed by atoms with van der Waals surface area (Å²) in [5, 5.41) is 3.92. The van der Waals surface area contributed by atoms with Crippen LogP contribution in [0.15, 0.2) is 87.9 Å². The summed E-state index contributed by atoms with van der Waals surface area (Å²) in [4.78, 5) is 6.55. The number of nitrogens with zero attached hydrogens (tertiary/aromatic N) is 2. The molecule has 0 aliphatic carbocycles. The number of halogens is 1. The molecule has 10 heteroatoms. The quantitative estimate of drug-likeness (QED) is 0.271. The Balaban J connectivity index is 1.56. The van der Waals surface area contributed by atoms with Gasteiger partial charge in [0.2, 0.25) is 10.0 Å². The van der Waals surface area contributed by atoms with E-state index in [0.717, 1.165) is 44.8 Å². The highest BCUT2D eigenvalue weighted by atomic mass is 79.9. The smallest absolute Gasteiger partial charge is 0.229 e. The molecule has 0 spiro atoms. The van der Waals surface area contributed by atoms with E-state index in [1.54, 1.807) is 18.3 Å². The second-order valence-corrected chi connectivity index (χ2v) is 11.6. The minimum atomic E-state index is -3.38. The van der Waals surface area contributed by atoms with Gasteiger partial charge in [-0.1, -0.05) is 28.1 Å². The summed E-state index contributed by atoms with van der Waals surface area (Å²) >= 11 is 9.41. The van der Waals surface area contributed by atoms with Crippen molar-refractivity contribution in [3.63, 3.8) is 0 Å². The van der Waals surface area contributed by atoms with Crippen LogP contribution < -0.4 is 14.9 Å². The van der Waals surface area contributed by atoms with Crippen LogP contribution in [0, 0.1) is 6.92 Å². The van der Waals surface area contributed by atoms with E-state index < -0.39 is 10.0 Å². The molecular formula is C26H23BrN4O3S2. The molecule has 1 aliphatic heterocycles. The molecule has 2 unspecified atom stereocenters. The molecule has 36 heavy (non-hydrogen) atoms. The fourth-order valence-corrected chi connectivity index (χ4v) is 5.90. The van der Waals surface area contributed by atoms with E-state index in [2.05, 4.69) is 37.0 Å². The van der Waals surface area contributed by atoms with Gasteiger partial charge < -0.3 is 14.6 Å². The first-order valence-corrected chi connectivity index (χ1v) is 14.2. The van der Waals surface area contributed by atoms with Crippen LogP contribution in [-0.2, 0) is 10.0 Å². The van der Waals surface area contributed by atoms with E-state index >= 15 is 0 Å². The number of aromatic nitrogens is 1. The summed E-state index contributed by atoms with van der Waals surface area (Å²) < 4.78 is 33.1. The molecule has 0 amide bonds. The monoisotopic (exact) mass is 582 g/mol. The molecule has 0 bridgehead atoms. The Kier molecular flexibility index (Phi) is 6.59. The lowest BCUT2D eigenvalue weighted by molar-refractivity contribution is 0.439. The van der Waals surface area contributed by atoms with E-state index in [9.17, 15) is 8.42 Å². The Hall–Kier alpha value is -3.21. The lowest BCUT2D eigenvalue weighted by atomic mass is 10.0. The number of pyridine rings is 1. The molecule has 2 N–H and O–H groups in total. The third kappa shape index (κ3) is 5.02. The maximum absolute atomic E-state index is 11.6. The highest BCUT2D eigenvalue weighted by molar-refractivity contribution is 9.10. The van der Waals surface area contributed by atoms with Gasteiger partial charge >= 0.3 is 0 Å². The molecule has 4 aromatic rings. The average molecular weight is 584 g/mol. The van der Waals surface area contributed by atoms with E-state index in [1.165, 1.54) is 0 Å². The highest BCUT2D eigenvalue weighted by Crippen LogP contribution is 2.43. The first-order chi connectivity index (χ1) is 17.2. The zero-order valence-corrected chi connectivity index (χ0v) is 22.7. The van der Waals surface area contributed by atoms with Crippen LogP contribution in [0.5, 0.6) is 0 Å². The SMILES string of the molecule is Cc1ccc(-c2ccc(C3C(c4ccccn4)NC(=S)N3c3ccc(NS(C)(=O)=O)cc3)o2)c(Br)c1. The first kappa shape index (κ1) is 24.5. The van der Waals surface area contributed by atoms with Gasteiger partial charge in [0.05, 0.1) is 18.0 Å². The summed E-state index contributed by atoms with van der Waals surface area (Å²) in [7, 11) is -3.38. The van der Waals surface area contributed by atoms with Crippen LogP contribution in [-0.4, -0.2) is 24.8 Å². The number of furan rings is 1. The van der Waals surface area contributed by atoms with Crippen molar-refractivity contribution in [2.75, 3.05) is 15.9 Å². The molecule has 1 aliphatic rings. The maximum Gasteiger partial charge on any atom is 0.229 e. The minimum Gasteiger partial charge on any atom is -0.459 e. The number of hydrogen-bond donors (Lipinski definition) is 2. The van der Waals surface area contributed by atoms with Crippen molar-refractivity contribution < 1.29 is 12.8 Å². The molecular weight excluding hydrogens is 560 g/mol. The predicted molar refractivity (Wildman–Crippen MR) is 149 cm³/mol. The molecule has 0 radical (unpaired) electrons. The molecule has 7 nitrogen and oxygen atoms in total. The predicted octanol–water partition coefficient (Wildman–Crippen LogP) is 5.96. The molecule has 2 atom stereocenters. The van der Waals surface area contributed by atoms with Gasteiger partial charge in [0.1, 0.15) is 17.6 Å². The molecule has 2 aromatic carbocycles. The lowest BCUT2D eigenvalue weighted by Gasteiger charge is -2.26. The summed E-state index contributed by atoms with van der Waals surface area (Å²) in [6.07, 6.45) is 2.87. The lowest BCUT2D eigenvalue weighted by Crippen LogP contribution is -2.29. The van der Waals surface area contributed by atoms with E-state index in [1.807, 2.05) is 66.4 Å². The van der Waals surface area contributed by atoms with Crippen molar-refractivity contribution in [3.05, 3.63) is 100 Å². The Bertz CT molecular complexity index is 1520. The van der Waals surface area contributed by atoms with Gasteiger partial charge in [0.25, 0.3) is 0 Å². The third-order valence-corrected chi connectivity index (χ3v) is 7.43. The average Bonchev–Trinajstić information content (AvgIpc) is 3.44. The van der Waals surface area contributed by atoms with Gasteiger partial charge in [-0.3, -0.25) is 9.71 Å². The normalized spacial score (nSPS) is 17.8. The van der Waals surface area contributed by atoms with Crippen LogP contribution in [0.3, 0.4) is 0 Å². The highest BCUT2D eigenvalue weighted by Gasteiger charge is 2.42. The Morgan fingerprint density at radius 3 is 2.53 bits per heavy atom. The van der Waals surface area contributed by atoms with Gasteiger partial charge in [0, 0.05) is 27.6 Å². The second-order valence-electron chi connectivity index (χ2n) is 8.60. The van der Waals surface area contributed by atoms with Gasteiger partial charge in [0.15, 0.2) is 5.11 Å². The van der Waals surface area contributed by atoms with Crippen molar-refractivity contribution in [1.82, 2.24) is 10.3 Å². The second kappa shape index (κ2) is 9.68. The number of hydrogen-bond acceptors (Lipinski definition) is 5. The van der Waals surface area contributed by atoms with Gasteiger partial charge in [-0.2, -0.15) is 0 Å². The first-order valence-electron chi connectivity index (χ1n) is 11.1. The van der Waals surface area contributed by atoms with Gasteiger partial charge in [-0.05, 0) is 85.4 Å². The molecule has 1 saturated heterocycles. The Labute approximate surface area is 223 Å². The number of thiocarbonyl (C=S) groups is 1. The Morgan fingerprint density at radius 2 is 1.86 bits per heavy atom. The number of rotatable bonds is 6. The fraction of sp³-hybridized carbons (Fsp3) is 0.154. The molecule has 2 aromatic heterocycles. The summed E-state index contributed by atoms with van der Waals surface area (Å²) in [5.41, 5.74) is 4.21. The van der Waals surface area contributed by atoms with Gasteiger partial charge in [-0.15, -0.1) is 0 Å². The zero-order chi connectivity index (χ0) is 25.4. The van der Waals surface area contributed by atoms with E-state index in [0.29, 0.717) is 10.8 Å². The van der Waals surface area contributed by atoms with Crippen LogP contribution in [0.1, 0.15) is 29.1 Å². The molecule has 0 saturated carbocycles.